The van der Waals surface area contributed by atoms with Crippen LogP contribution in [0.1, 0.15) is 37.4 Å². The largest absolute Gasteiger partial charge is 0.493 e. The van der Waals surface area contributed by atoms with E-state index >= 15 is 0 Å². The molecule has 0 bridgehead atoms. The van der Waals surface area contributed by atoms with E-state index in [0.717, 1.165) is 5.69 Å². The molecule has 2 rings (SSSR count). The summed E-state index contributed by atoms with van der Waals surface area (Å²) in [6, 6.07) is 0.233. The fourth-order valence-electron chi connectivity index (χ4n) is 1.99. The third kappa shape index (κ3) is 1.99. The van der Waals surface area contributed by atoms with Gasteiger partial charge in [-0.2, -0.15) is 5.10 Å². The van der Waals surface area contributed by atoms with Crippen LogP contribution in [0.25, 0.3) is 0 Å². The van der Waals surface area contributed by atoms with Gasteiger partial charge in [-0.15, -0.1) is 0 Å². The van der Waals surface area contributed by atoms with E-state index in [1.807, 2.05) is 18.4 Å². The zero-order valence-corrected chi connectivity index (χ0v) is 11.0. The van der Waals surface area contributed by atoms with Crippen molar-refractivity contribution in [1.29, 1.82) is 0 Å². The van der Waals surface area contributed by atoms with E-state index in [9.17, 15) is 5.11 Å². The van der Waals surface area contributed by atoms with E-state index in [2.05, 4.69) is 10.1 Å². The van der Waals surface area contributed by atoms with Crippen molar-refractivity contribution in [2.24, 2.45) is 7.05 Å². The molecule has 0 amide bonds. The Morgan fingerprint density at radius 3 is 2.67 bits per heavy atom. The van der Waals surface area contributed by atoms with Gasteiger partial charge in [0.2, 0.25) is 0 Å². The summed E-state index contributed by atoms with van der Waals surface area (Å²) in [7, 11) is 3.34. The SMILES string of the molecule is COc1cnn(C)c1C(O)c1cncn1C(C)C. The molecule has 0 aromatic carbocycles. The van der Waals surface area contributed by atoms with Crippen LogP contribution < -0.4 is 4.74 Å². The lowest BCUT2D eigenvalue weighted by Gasteiger charge is -2.17. The van der Waals surface area contributed by atoms with Crippen molar-refractivity contribution < 1.29 is 9.84 Å². The van der Waals surface area contributed by atoms with Crippen LogP contribution >= 0.6 is 0 Å². The van der Waals surface area contributed by atoms with Crippen molar-refractivity contribution in [3.63, 3.8) is 0 Å². The Morgan fingerprint density at radius 1 is 1.33 bits per heavy atom. The van der Waals surface area contributed by atoms with Crippen LogP contribution in [0, 0.1) is 0 Å². The summed E-state index contributed by atoms with van der Waals surface area (Å²) in [5.74, 6) is 0.571. The lowest BCUT2D eigenvalue weighted by molar-refractivity contribution is 0.193. The number of hydrogen-bond acceptors (Lipinski definition) is 4. The molecule has 0 aliphatic carbocycles. The molecule has 2 aromatic heterocycles. The number of aliphatic hydroxyl groups excluding tert-OH is 1. The van der Waals surface area contributed by atoms with Crippen LogP contribution in [0.4, 0.5) is 0 Å². The van der Waals surface area contributed by atoms with E-state index in [1.54, 1.807) is 37.6 Å². The van der Waals surface area contributed by atoms with Gasteiger partial charge in [0.15, 0.2) is 5.75 Å². The summed E-state index contributed by atoms with van der Waals surface area (Å²) < 4.78 is 8.75. The van der Waals surface area contributed by atoms with Crippen molar-refractivity contribution in [2.75, 3.05) is 7.11 Å². The fraction of sp³-hybridized carbons (Fsp3) is 0.500. The van der Waals surface area contributed by atoms with Crippen molar-refractivity contribution in [3.05, 3.63) is 30.1 Å². The summed E-state index contributed by atoms with van der Waals surface area (Å²) in [5, 5.41) is 14.6. The van der Waals surface area contributed by atoms with Gasteiger partial charge in [-0.1, -0.05) is 0 Å². The number of nitrogens with zero attached hydrogens (tertiary/aromatic N) is 4. The Kier molecular flexibility index (Phi) is 3.38. The molecule has 0 spiro atoms. The number of aromatic nitrogens is 4. The quantitative estimate of drug-likeness (QED) is 0.888. The van der Waals surface area contributed by atoms with Gasteiger partial charge >= 0.3 is 0 Å². The minimum atomic E-state index is -0.808. The Bertz CT molecular complexity index is 530. The molecule has 1 N–H and O–H groups in total. The second-order valence-corrected chi connectivity index (χ2v) is 4.44. The maximum Gasteiger partial charge on any atom is 0.163 e. The van der Waals surface area contributed by atoms with Crippen LogP contribution in [-0.4, -0.2) is 31.5 Å². The topological polar surface area (TPSA) is 65.1 Å². The summed E-state index contributed by atoms with van der Waals surface area (Å²) in [4.78, 5) is 4.09. The number of methoxy groups -OCH3 is 1. The molecule has 0 fully saturated rings. The van der Waals surface area contributed by atoms with Crippen molar-refractivity contribution in [2.45, 2.75) is 26.0 Å². The number of rotatable bonds is 4. The highest BCUT2D eigenvalue weighted by Gasteiger charge is 2.23. The summed E-state index contributed by atoms with van der Waals surface area (Å²) in [5.41, 5.74) is 1.35. The van der Waals surface area contributed by atoms with E-state index in [4.69, 9.17) is 4.74 Å². The Morgan fingerprint density at radius 2 is 2.06 bits per heavy atom. The second kappa shape index (κ2) is 4.81. The first kappa shape index (κ1) is 12.6. The number of aliphatic hydroxyl groups is 1. The number of hydrogen-bond donors (Lipinski definition) is 1. The van der Waals surface area contributed by atoms with Crippen molar-refractivity contribution >= 4 is 0 Å². The van der Waals surface area contributed by atoms with Crippen LogP contribution in [-0.2, 0) is 7.05 Å². The van der Waals surface area contributed by atoms with Gasteiger partial charge < -0.3 is 14.4 Å². The fourth-order valence-corrected chi connectivity index (χ4v) is 1.99. The predicted octanol–water partition coefficient (Wildman–Crippen LogP) is 1.29. The molecule has 1 atom stereocenters. The van der Waals surface area contributed by atoms with Gasteiger partial charge in [-0.3, -0.25) is 4.68 Å². The van der Waals surface area contributed by atoms with Gasteiger partial charge in [0.25, 0.3) is 0 Å². The number of imidazole rings is 1. The minimum absolute atomic E-state index is 0.233. The molecule has 1 unspecified atom stereocenters. The molecule has 0 radical (unpaired) electrons. The number of ether oxygens (including phenoxy) is 1. The van der Waals surface area contributed by atoms with Gasteiger partial charge in [-0.25, -0.2) is 4.98 Å². The minimum Gasteiger partial charge on any atom is -0.493 e. The monoisotopic (exact) mass is 250 g/mol. The maximum atomic E-state index is 10.5. The first-order valence-electron chi connectivity index (χ1n) is 5.82. The van der Waals surface area contributed by atoms with E-state index < -0.39 is 6.10 Å². The lowest BCUT2D eigenvalue weighted by atomic mass is 10.1. The molecule has 0 aliphatic heterocycles. The average molecular weight is 250 g/mol. The Labute approximate surface area is 106 Å². The highest BCUT2D eigenvalue weighted by atomic mass is 16.5. The van der Waals surface area contributed by atoms with E-state index in [-0.39, 0.29) is 6.04 Å². The first-order chi connectivity index (χ1) is 8.56. The van der Waals surface area contributed by atoms with E-state index in [1.165, 1.54) is 0 Å². The Balaban J connectivity index is 2.44. The first-order valence-corrected chi connectivity index (χ1v) is 5.82. The molecule has 18 heavy (non-hydrogen) atoms. The standard InChI is InChI=1S/C12H18N4O2/c1-8(2)16-7-13-5-9(16)12(17)11-10(18-4)6-14-15(11)3/h5-8,12,17H,1-4H3. The maximum absolute atomic E-state index is 10.5. The number of aryl methyl sites for hydroxylation is 1. The molecular weight excluding hydrogens is 232 g/mol. The van der Waals surface area contributed by atoms with Gasteiger partial charge in [-0.05, 0) is 13.8 Å². The van der Waals surface area contributed by atoms with Gasteiger partial charge in [0.1, 0.15) is 11.8 Å². The lowest BCUT2D eigenvalue weighted by Crippen LogP contribution is -2.13. The smallest absolute Gasteiger partial charge is 0.163 e. The van der Waals surface area contributed by atoms with Gasteiger partial charge in [0.05, 0.1) is 31.5 Å². The van der Waals surface area contributed by atoms with Gasteiger partial charge in [0, 0.05) is 13.1 Å². The molecule has 98 valence electrons. The Hall–Kier alpha value is -1.82. The molecule has 2 heterocycles. The summed E-state index contributed by atoms with van der Waals surface area (Å²) in [6.45, 7) is 4.08. The summed E-state index contributed by atoms with van der Waals surface area (Å²) in [6.07, 6.45) is 4.16. The third-order valence-corrected chi connectivity index (χ3v) is 2.96. The highest BCUT2D eigenvalue weighted by Crippen LogP contribution is 2.30. The molecule has 6 heteroatoms. The average Bonchev–Trinajstić information content (AvgIpc) is 2.94. The summed E-state index contributed by atoms with van der Waals surface area (Å²) >= 11 is 0. The molecular formula is C12H18N4O2. The molecule has 6 nitrogen and oxygen atoms in total. The molecule has 0 aliphatic rings. The second-order valence-electron chi connectivity index (χ2n) is 4.44. The van der Waals surface area contributed by atoms with Crippen LogP contribution in [0.15, 0.2) is 18.7 Å². The van der Waals surface area contributed by atoms with Crippen molar-refractivity contribution in [3.8, 4) is 5.75 Å². The normalized spacial score (nSPS) is 13.0. The molecule has 0 saturated heterocycles. The van der Waals surface area contributed by atoms with Crippen LogP contribution in [0.3, 0.4) is 0 Å². The predicted molar refractivity (Wildman–Crippen MR) is 66.4 cm³/mol. The zero-order chi connectivity index (χ0) is 13.3. The van der Waals surface area contributed by atoms with Crippen molar-refractivity contribution in [1.82, 2.24) is 19.3 Å². The molecule has 2 aromatic rings. The van der Waals surface area contributed by atoms with E-state index in [0.29, 0.717) is 11.4 Å². The third-order valence-electron chi connectivity index (χ3n) is 2.96. The highest BCUT2D eigenvalue weighted by molar-refractivity contribution is 5.32. The molecule has 0 saturated carbocycles. The van der Waals surface area contributed by atoms with Crippen LogP contribution in [0.5, 0.6) is 5.75 Å². The van der Waals surface area contributed by atoms with Crippen LogP contribution in [0.2, 0.25) is 0 Å². The zero-order valence-electron chi connectivity index (χ0n) is 11.0.